The summed E-state index contributed by atoms with van der Waals surface area (Å²) in [7, 11) is 0. The van der Waals surface area contributed by atoms with E-state index in [4.69, 9.17) is 13.9 Å². The van der Waals surface area contributed by atoms with E-state index in [0.717, 1.165) is 5.75 Å². The zero-order chi connectivity index (χ0) is 20.1. The number of nitrogens with one attached hydrogen (secondary N) is 1. The predicted octanol–water partition coefficient (Wildman–Crippen LogP) is 3.73. The Morgan fingerprint density at radius 1 is 1.10 bits per heavy atom. The van der Waals surface area contributed by atoms with Crippen molar-refractivity contribution in [3.63, 3.8) is 0 Å². The molecule has 0 aliphatic carbocycles. The second-order valence-corrected chi connectivity index (χ2v) is 6.46. The third-order valence-electron chi connectivity index (χ3n) is 4.44. The van der Waals surface area contributed by atoms with Crippen molar-refractivity contribution in [2.45, 2.75) is 6.42 Å². The lowest BCUT2D eigenvalue weighted by atomic mass is 10.2. The van der Waals surface area contributed by atoms with Crippen molar-refractivity contribution >= 4 is 23.2 Å². The molecule has 2 aromatic carbocycles. The Kier molecular flexibility index (Phi) is 5.47. The smallest absolute Gasteiger partial charge is 0.291 e. The number of hydrogen-bond donors (Lipinski definition) is 1. The second kappa shape index (κ2) is 8.52. The van der Waals surface area contributed by atoms with Crippen LogP contribution in [-0.2, 0) is 4.79 Å². The molecule has 0 spiro atoms. The SMILES string of the molecule is O=C(Nc1ccc2c(c1)N(CCCOc1ccccc1)C(=O)CO2)c1ccco1. The van der Waals surface area contributed by atoms with E-state index in [0.29, 0.717) is 36.7 Å². The number of anilines is 2. The van der Waals surface area contributed by atoms with Crippen molar-refractivity contribution in [3.05, 3.63) is 72.7 Å². The van der Waals surface area contributed by atoms with Crippen molar-refractivity contribution in [3.8, 4) is 11.5 Å². The van der Waals surface area contributed by atoms with Crippen LogP contribution in [0.3, 0.4) is 0 Å². The molecule has 3 aromatic rings. The molecule has 0 bridgehead atoms. The van der Waals surface area contributed by atoms with E-state index in [1.807, 2.05) is 30.3 Å². The lowest BCUT2D eigenvalue weighted by Crippen LogP contribution is -2.39. The number of amides is 2. The molecule has 0 unspecified atom stereocenters. The highest BCUT2D eigenvalue weighted by molar-refractivity contribution is 6.03. The summed E-state index contributed by atoms with van der Waals surface area (Å²) in [5, 5.41) is 2.77. The molecule has 148 valence electrons. The van der Waals surface area contributed by atoms with Gasteiger partial charge in [0.2, 0.25) is 0 Å². The molecule has 1 aromatic heterocycles. The van der Waals surface area contributed by atoms with Gasteiger partial charge in [-0.1, -0.05) is 18.2 Å². The van der Waals surface area contributed by atoms with Gasteiger partial charge in [-0.2, -0.15) is 0 Å². The van der Waals surface area contributed by atoms with Gasteiger partial charge in [-0.15, -0.1) is 0 Å². The van der Waals surface area contributed by atoms with Gasteiger partial charge in [0, 0.05) is 12.2 Å². The Labute approximate surface area is 167 Å². The highest BCUT2D eigenvalue weighted by atomic mass is 16.5. The molecule has 0 saturated heterocycles. The van der Waals surface area contributed by atoms with E-state index >= 15 is 0 Å². The summed E-state index contributed by atoms with van der Waals surface area (Å²) < 4.78 is 16.3. The average molecular weight is 392 g/mol. The first-order chi connectivity index (χ1) is 14.2. The minimum absolute atomic E-state index is 0.00928. The van der Waals surface area contributed by atoms with Crippen LogP contribution >= 0.6 is 0 Å². The van der Waals surface area contributed by atoms with Crippen LogP contribution in [0.2, 0.25) is 0 Å². The largest absolute Gasteiger partial charge is 0.494 e. The topological polar surface area (TPSA) is 81.0 Å². The highest BCUT2D eigenvalue weighted by Crippen LogP contribution is 2.34. The molecule has 1 aliphatic heterocycles. The normalized spacial score (nSPS) is 12.8. The fourth-order valence-electron chi connectivity index (χ4n) is 3.05. The Balaban J connectivity index is 1.42. The van der Waals surface area contributed by atoms with Gasteiger partial charge in [-0.3, -0.25) is 9.59 Å². The van der Waals surface area contributed by atoms with E-state index < -0.39 is 0 Å². The van der Waals surface area contributed by atoms with Gasteiger partial charge < -0.3 is 24.1 Å². The van der Waals surface area contributed by atoms with E-state index in [-0.39, 0.29) is 24.2 Å². The monoisotopic (exact) mass is 392 g/mol. The van der Waals surface area contributed by atoms with E-state index in [9.17, 15) is 9.59 Å². The number of furan rings is 1. The van der Waals surface area contributed by atoms with E-state index in [2.05, 4.69) is 5.32 Å². The second-order valence-electron chi connectivity index (χ2n) is 6.46. The van der Waals surface area contributed by atoms with Gasteiger partial charge in [0.25, 0.3) is 11.8 Å². The third-order valence-corrected chi connectivity index (χ3v) is 4.44. The Bertz CT molecular complexity index is 986. The lowest BCUT2D eigenvalue weighted by molar-refractivity contribution is -0.121. The number of ether oxygens (including phenoxy) is 2. The number of para-hydroxylation sites is 1. The first kappa shape index (κ1) is 18.6. The standard InChI is InChI=1S/C22H20N2O5/c25-21-15-29-19-10-9-16(23-22(26)20-8-4-12-28-20)14-18(19)24(21)11-5-13-27-17-6-2-1-3-7-17/h1-4,6-10,12,14H,5,11,13,15H2,(H,23,26). The first-order valence-electron chi connectivity index (χ1n) is 9.30. The Morgan fingerprint density at radius 2 is 1.97 bits per heavy atom. The van der Waals surface area contributed by atoms with Crippen molar-refractivity contribution in [1.82, 2.24) is 0 Å². The zero-order valence-corrected chi connectivity index (χ0v) is 15.7. The van der Waals surface area contributed by atoms with Crippen molar-refractivity contribution in [2.75, 3.05) is 30.0 Å². The molecule has 2 heterocycles. The van der Waals surface area contributed by atoms with Gasteiger partial charge >= 0.3 is 0 Å². The van der Waals surface area contributed by atoms with Crippen LogP contribution in [-0.4, -0.2) is 31.6 Å². The first-order valence-corrected chi connectivity index (χ1v) is 9.30. The number of rotatable bonds is 7. The Hall–Kier alpha value is -3.74. The quantitative estimate of drug-likeness (QED) is 0.620. The molecule has 0 saturated carbocycles. The molecule has 1 N–H and O–H groups in total. The molecule has 1 aliphatic rings. The number of carbonyl (C=O) groups is 2. The predicted molar refractivity (Wildman–Crippen MR) is 108 cm³/mol. The van der Waals surface area contributed by atoms with Crippen LogP contribution < -0.4 is 19.7 Å². The molecular formula is C22H20N2O5. The minimum Gasteiger partial charge on any atom is -0.494 e. The van der Waals surface area contributed by atoms with Crippen LogP contribution in [0.5, 0.6) is 11.5 Å². The fourth-order valence-corrected chi connectivity index (χ4v) is 3.05. The summed E-state index contributed by atoms with van der Waals surface area (Å²) in [5.74, 6) is 1.12. The number of fused-ring (bicyclic) bond motifs is 1. The molecule has 7 heteroatoms. The van der Waals surface area contributed by atoms with Gasteiger partial charge in [-0.05, 0) is 48.9 Å². The molecule has 4 rings (SSSR count). The number of benzene rings is 2. The zero-order valence-electron chi connectivity index (χ0n) is 15.7. The summed E-state index contributed by atoms with van der Waals surface area (Å²) in [5.41, 5.74) is 1.17. The van der Waals surface area contributed by atoms with Crippen LogP contribution in [0.4, 0.5) is 11.4 Å². The summed E-state index contributed by atoms with van der Waals surface area (Å²) in [6.07, 6.45) is 2.09. The lowest BCUT2D eigenvalue weighted by Gasteiger charge is -2.29. The van der Waals surface area contributed by atoms with E-state index in [1.165, 1.54) is 6.26 Å². The molecule has 29 heavy (non-hydrogen) atoms. The van der Waals surface area contributed by atoms with Crippen LogP contribution in [0, 0.1) is 0 Å². The molecule has 7 nitrogen and oxygen atoms in total. The highest BCUT2D eigenvalue weighted by Gasteiger charge is 2.26. The molecule has 0 atom stereocenters. The maximum atomic E-state index is 12.4. The van der Waals surface area contributed by atoms with E-state index in [1.54, 1.807) is 35.2 Å². The Morgan fingerprint density at radius 3 is 2.76 bits per heavy atom. The van der Waals surface area contributed by atoms with Crippen LogP contribution in [0.25, 0.3) is 0 Å². The third kappa shape index (κ3) is 4.40. The molecule has 2 amide bonds. The molecular weight excluding hydrogens is 372 g/mol. The average Bonchev–Trinajstić information content (AvgIpc) is 3.28. The van der Waals surface area contributed by atoms with Gasteiger partial charge in [0.15, 0.2) is 12.4 Å². The summed E-state index contributed by atoms with van der Waals surface area (Å²) >= 11 is 0. The summed E-state index contributed by atoms with van der Waals surface area (Å²) in [6, 6.07) is 18.0. The molecule has 0 fully saturated rings. The minimum atomic E-state index is -0.360. The van der Waals surface area contributed by atoms with Gasteiger partial charge in [0.1, 0.15) is 11.5 Å². The van der Waals surface area contributed by atoms with Crippen LogP contribution in [0.1, 0.15) is 17.0 Å². The fraction of sp³-hybridized carbons (Fsp3) is 0.182. The number of hydrogen-bond acceptors (Lipinski definition) is 5. The summed E-state index contributed by atoms with van der Waals surface area (Å²) in [6.45, 7) is 0.959. The van der Waals surface area contributed by atoms with Crippen molar-refractivity contribution in [1.29, 1.82) is 0 Å². The van der Waals surface area contributed by atoms with Crippen LogP contribution in [0.15, 0.2) is 71.3 Å². The van der Waals surface area contributed by atoms with Crippen molar-refractivity contribution in [2.24, 2.45) is 0 Å². The maximum Gasteiger partial charge on any atom is 0.291 e. The maximum absolute atomic E-state index is 12.4. The van der Waals surface area contributed by atoms with Gasteiger partial charge in [-0.25, -0.2) is 0 Å². The number of carbonyl (C=O) groups excluding carboxylic acids is 2. The molecule has 0 radical (unpaired) electrons. The van der Waals surface area contributed by atoms with Crippen molar-refractivity contribution < 1.29 is 23.5 Å². The number of nitrogens with zero attached hydrogens (tertiary/aromatic N) is 1. The summed E-state index contributed by atoms with van der Waals surface area (Å²) in [4.78, 5) is 26.3. The van der Waals surface area contributed by atoms with Gasteiger partial charge in [0.05, 0.1) is 18.6 Å².